The second kappa shape index (κ2) is 11.5. The van der Waals surface area contributed by atoms with Crippen molar-refractivity contribution in [2.45, 2.75) is 31.6 Å². The Hall–Kier alpha value is -3.35. The summed E-state index contributed by atoms with van der Waals surface area (Å²) in [4.78, 5) is 26.2. The lowest BCUT2D eigenvalue weighted by Gasteiger charge is -2.27. The summed E-state index contributed by atoms with van der Waals surface area (Å²) < 4.78 is 5.17. The number of hydrogen-bond acceptors (Lipinski definition) is 4. The normalized spacial score (nSPS) is 15.4. The number of benzene rings is 3. The molecule has 0 unspecified atom stereocenters. The molecule has 6 nitrogen and oxygen atoms in total. The van der Waals surface area contributed by atoms with Crippen molar-refractivity contribution in [2.75, 3.05) is 7.11 Å². The van der Waals surface area contributed by atoms with Crippen LogP contribution in [-0.4, -0.2) is 25.0 Å². The van der Waals surface area contributed by atoms with Crippen LogP contribution in [0, 0.1) is 0 Å². The lowest BCUT2D eigenvalue weighted by atomic mass is 9.95. The summed E-state index contributed by atoms with van der Waals surface area (Å²) in [5.74, 6) is 0.320. The number of fused-ring (bicyclic) bond motifs is 1. The first-order valence-corrected chi connectivity index (χ1v) is 10.7. The van der Waals surface area contributed by atoms with Gasteiger partial charge in [0.15, 0.2) is 0 Å². The third-order valence-electron chi connectivity index (χ3n) is 5.71. The van der Waals surface area contributed by atoms with E-state index in [0.29, 0.717) is 19.5 Å². The monoisotopic (exact) mass is 465 g/mol. The van der Waals surface area contributed by atoms with Gasteiger partial charge in [0.2, 0.25) is 11.8 Å². The highest BCUT2D eigenvalue weighted by Crippen LogP contribution is 2.19. The zero-order valence-electron chi connectivity index (χ0n) is 18.4. The number of amides is 2. The number of methoxy groups -OCH3 is 1. The lowest BCUT2D eigenvalue weighted by Crippen LogP contribution is -2.50. The summed E-state index contributed by atoms with van der Waals surface area (Å²) >= 11 is 0. The van der Waals surface area contributed by atoms with Crippen LogP contribution in [0.1, 0.15) is 28.3 Å². The van der Waals surface area contributed by atoms with E-state index in [9.17, 15) is 9.59 Å². The lowest BCUT2D eigenvalue weighted by molar-refractivity contribution is -0.130. The number of hydrogen-bond donors (Lipinski definition) is 3. The number of carbonyl (C=O) groups is 2. The van der Waals surface area contributed by atoms with E-state index in [1.165, 1.54) is 5.56 Å². The van der Waals surface area contributed by atoms with Crippen LogP contribution in [0.4, 0.5) is 0 Å². The molecule has 0 saturated carbocycles. The summed E-state index contributed by atoms with van der Waals surface area (Å²) in [7, 11) is 1.61. The Kier molecular flexibility index (Phi) is 8.46. The molecular formula is C26H28ClN3O3. The van der Waals surface area contributed by atoms with E-state index in [0.717, 1.165) is 22.4 Å². The van der Waals surface area contributed by atoms with Gasteiger partial charge in [-0.05, 0) is 40.8 Å². The van der Waals surface area contributed by atoms with Crippen LogP contribution in [0.15, 0.2) is 78.9 Å². The van der Waals surface area contributed by atoms with Gasteiger partial charge in [0.25, 0.3) is 0 Å². The Labute approximate surface area is 200 Å². The molecule has 0 radical (unpaired) electrons. The number of ether oxygens (including phenoxy) is 1. The number of rotatable bonds is 7. The van der Waals surface area contributed by atoms with Gasteiger partial charge in [0.1, 0.15) is 11.8 Å². The van der Waals surface area contributed by atoms with Crippen LogP contribution in [0.25, 0.3) is 0 Å². The average molecular weight is 466 g/mol. The van der Waals surface area contributed by atoms with Crippen molar-refractivity contribution >= 4 is 24.2 Å². The van der Waals surface area contributed by atoms with Crippen molar-refractivity contribution < 1.29 is 14.3 Å². The minimum atomic E-state index is -0.777. The molecule has 33 heavy (non-hydrogen) atoms. The van der Waals surface area contributed by atoms with Crippen LogP contribution in [0.2, 0.25) is 0 Å². The van der Waals surface area contributed by atoms with Crippen LogP contribution in [-0.2, 0) is 29.1 Å². The standard InChI is InChI=1S/C26H27N3O3.ClH/c1-32-22-13-11-18(12-14-22)16-28-26(31)24(19-7-3-2-4-8-19)29-25(30)23-15-20-9-5-6-10-21(20)17-27-23;/h2-14,23-24,27H,15-17H2,1H3,(H,28,31)(H,29,30);1H/t23-,24+;/m0./s1. The fourth-order valence-corrected chi connectivity index (χ4v) is 3.86. The first kappa shape index (κ1) is 24.3. The van der Waals surface area contributed by atoms with E-state index in [1.807, 2.05) is 72.8 Å². The molecule has 0 fully saturated rings. The van der Waals surface area contributed by atoms with Crippen LogP contribution in [0.5, 0.6) is 5.75 Å². The summed E-state index contributed by atoms with van der Waals surface area (Å²) in [6.45, 7) is 0.991. The maximum atomic E-state index is 13.1. The Bertz CT molecular complexity index is 1070. The van der Waals surface area contributed by atoms with Crippen molar-refractivity contribution in [2.24, 2.45) is 0 Å². The Morgan fingerprint density at radius 3 is 2.33 bits per heavy atom. The maximum Gasteiger partial charge on any atom is 0.247 e. The van der Waals surface area contributed by atoms with Crippen LogP contribution in [0.3, 0.4) is 0 Å². The van der Waals surface area contributed by atoms with Crippen molar-refractivity contribution in [1.29, 1.82) is 0 Å². The molecule has 0 aromatic heterocycles. The summed E-state index contributed by atoms with van der Waals surface area (Å²) in [6.07, 6.45) is 0.594. The minimum Gasteiger partial charge on any atom is -0.497 e. The van der Waals surface area contributed by atoms with E-state index in [4.69, 9.17) is 4.74 Å². The molecule has 1 aliphatic heterocycles. The van der Waals surface area contributed by atoms with Gasteiger partial charge in [-0.25, -0.2) is 0 Å². The zero-order valence-corrected chi connectivity index (χ0v) is 19.2. The van der Waals surface area contributed by atoms with Crippen LogP contribution < -0.4 is 20.7 Å². The van der Waals surface area contributed by atoms with Crippen molar-refractivity contribution in [3.05, 3.63) is 101 Å². The molecule has 0 spiro atoms. The van der Waals surface area contributed by atoms with Crippen molar-refractivity contribution in [3.63, 3.8) is 0 Å². The van der Waals surface area contributed by atoms with Gasteiger partial charge in [-0.3, -0.25) is 9.59 Å². The number of nitrogens with one attached hydrogen (secondary N) is 3. The molecule has 2 amide bonds. The molecule has 3 aromatic carbocycles. The molecular weight excluding hydrogens is 438 g/mol. The van der Waals surface area contributed by atoms with Crippen molar-refractivity contribution in [3.8, 4) is 5.75 Å². The van der Waals surface area contributed by atoms with E-state index in [2.05, 4.69) is 22.0 Å². The topological polar surface area (TPSA) is 79.5 Å². The maximum absolute atomic E-state index is 13.1. The molecule has 4 rings (SSSR count). The molecule has 1 heterocycles. The van der Waals surface area contributed by atoms with Gasteiger partial charge in [-0.2, -0.15) is 0 Å². The van der Waals surface area contributed by atoms with Crippen LogP contribution >= 0.6 is 12.4 Å². The van der Waals surface area contributed by atoms with Gasteiger partial charge < -0.3 is 20.7 Å². The Morgan fingerprint density at radius 1 is 0.970 bits per heavy atom. The molecule has 2 atom stereocenters. The second-order valence-corrected chi connectivity index (χ2v) is 7.82. The average Bonchev–Trinajstić information content (AvgIpc) is 2.86. The predicted molar refractivity (Wildman–Crippen MR) is 130 cm³/mol. The third kappa shape index (κ3) is 6.12. The Balaban J connectivity index is 0.00000306. The molecule has 0 saturated heterocycles. The number of carbonyl (C=O) groups excluding carboxylic acids is 2. The van der Waals surface area contributed by atoms with Gasteiger partial charge in [-0.15, -0.1) is 12.4 Å². The summed E-state index contributed by atoms with van der Waals surface area (Å²) in [5.41, 5.74) is 4.05. The molecule has 7 heteroatoms. The van der Waals surface area contributed by atoms with Gasteiger partial charge in [0, 0.05) is 13.1 Å². The highest BCUT2D eigenvalue weighted by molar-refractivity contribution is 5.91. The predicted octanol–water partition coefficient (Wildman–Crippen LogP) is 3.31. The SMILES string of the molecule is COc1ccc(CNC(=O)[C@H](NC(=O)[C@@H]2Cc3ccccc3CN2)c2ccccc2)cc1.Cl. The van der Waals surface area contributed by atoms with Gasteiger partial charge >= 0.3 is 0 Å². The quantitative estimate of drug-likeness (QED) is 0.500. The van der Waals surface area contributed by atoms with E-state index >= 15 is 0 Å². The molecule has 172 valence electrons. The molecule has 0 bridgehead atoms. The fraction of sp³-hybridized carbons (Fsp3) is 0.231. The summed E-state index contributed by atoms with van der Waals surface area (Å²) in [5, 5.41) is 9.18. The van der Waals surface area contributed by atoms with Gasteiger partial charge in [0.05, 0.1) is 13.2 Å². The smallest absolute Gasteiger partial charge is 0.247 e. The molecule has 1 aliphatic rings. The first-order valence-electron chi connectivity index (χ1n) is 10.7. The summed E-state index contributed by atoms with van der Waals surface area (Å²) in [6, 6.07) is 23.7. The number of halogens is 1. The van der Waals surface area contributed by atoms with Gasteiger partial charge in [-0.1, -0.05) is 66.7 Å². The van der Waals surface area contributed by atoms with Crippen molar-refractivity contribution in [1.82, 2.24) is 16.0 Å². The molecule has 0 aliphatic carbocycles. The molecule has 3 aromatic rings. The first-order chi connectivity index (χ1) is 15.6. The molecule has 3 N–H and O–H groups in total. The van der Waals surface area contributed by atoms with E-state index in [1.54, 1.807) is 7.11 Å². The van der Waals surface area contributed by atoms with E-state index in [-0.39, 0.29) is 30.3 Å². The third-order valence-corrected chi connectivity index (χ3v) is 5.71. The fourth-order valence-electron chi connectivity index (χ4n) is 3.86. The minimum absolute atomic E-state index is 0. The second-order valence-electron chi connectivity index (χ2n) is 7.82. The zero-order chi connectivity index (χ0) is 22.3. The Morgan fingerprint density at radius 2 is 1.64 bits per heavy atom. The highest BCUT2D eigenvalue weighted by Gasteiger charge is 2.29. The van der Waals surface area contributed by atoms with E-state index < -0.39 is 6.04 Å². The highest BCUT2D eigenvalue weighted by atomic mass is 35.5. The largest absolute Gasteiger partial charge is 0.497 e.